The molecular weight excluding hydrogens is 374 g/mol. The molecule has 1 aromatic heterocycles. The van der Waals surface area contributed by atoms with Crippen molar-refractivity contribution < 1.29 is 9.53 Å². The molecule has 1 amide bonds. The second-order valence-electron chi connectivity index (χ2n) is 8.05. The van der Waals surface area contributed by atoms with Crippen molar-refractivity contribution in [2.24, 2.45) is 0 Å². The fourth-order valence-electron chi connectivity index (χ4n) is 3.61. The van der Waals surface area contributed by atoms with E-state index >= 15 is 0 Å². The number of nitrogens with one attached hydrogen (secondary N) is 1. The highest BCUT2D eigenvalue weighted by Gasteiger charge is 2.12. The van der Waals surface area contributed by atoms with Gasteiger partial charge in [-0.15, -0.1) is 0 Å². The maximum absolute atomic E-state index is 11.7. The zero-order valence-corrected chi connectivity index (χ0v) is 18.6. The molecule has 0 saturated carbocycles. The molecule has 0 unspecified atom stereocenters. The van der Waals surface area contributed by atoms with Crippen LogP contribution in [0.4, 0.5) is 0 Å². The van der Waals surface area contributed by atoms with Crippen LogP contribution in [-0.2, 0) is 17.9 Å². The fourth-order valence-corrected chi connectivity index (χ4v) is 3.61. The zero-order chi connectivity index (χ0) is 21.5. The van der Waals surface area contributed by atoms with Crippen molar-refractivity contribution in [3.8, 4) is 5.75 Å². The van der Waals surface area contributed by atoms with E-state index in [9.17, 15) is 4.79 Å². The molecule has 0 aliphatic heterocycles. The molecule has 5 nitrogen and oxygen atoms in total. The van der Waals surface area contributed by atoms with Crippen LogP contribution in [0.15, 0.2) is 42.5 Å². The highest BCUT2D eigenvalue weighted by molar-refractivity contribution is 5.77. The number of fused-ring (bicyclic) bond motifs is 1. The van der Waals surface area contributed by atoms with Gasteiger partial charge >= 0.3 is 0 Å². The fraction of sp³-hybridized carbons (Fsp3) is 0.440. The number of amides is 1. The Hall–Kier alpha value is -2.82. The number of hydrogen-bond acceptors (Lipinski definition) is 3. The summed E-state index contributed by atoms with van der Waals surface area (Å²) in [4.78, 5) is 16.4. The molecule has 5 heteroatoms. The Bertz CT molecular complexity index is 991. The Morgan fingerprint density at radius 2 is 1.97 bits per heavy atom. The molecule has 160 valence electrons. The number of aryl methyl sites for hydroxylation is 2. The van der Waals surface area contributed by atoms with Crippen LogP contribution in [0.5, 0.6) is 5.75 Å². The van der Waals surface area contributed by atoms with Gasteiger partial charge in [0.1, 0.15) is 11.6 Å². The minimum absolute atomic E-state index is 0.0427. The Balaban J connectivity index is 1.61. The van der Waals surface area contributed by atoms with Gasteiger partial charge in [-0.2, -0.15) is 0 Å². The summed E-state index contributed by atoms with van der Waals surface area (Å²) < 4.78 is 8.35. The lowest BCUT2D eigenvalue weighted by Gasteiger charge is -2.15. The molecule has 1 heterocycles. The van der Waals surface area contributed by atoms with E-state index in [1.54, 1.807) is 0 Å². The lowest BCUT2D eigenvalue weighted by Crippen LogP contribution is -2.23. The van der Waals surface area contributed by atoms with Crippen molar-refractivity contribution in [1.82, 2.24) is 14.9 Å². The zero-order valence-electron chi connectivity index (χ0n) is 18.6. The molecule has 0 saturated heterocycles. The largest absolute Gasteiger partial charge is 0.493 e. The maximum Gasteiger partial charge on any atom is 0.220 e. The number of unbranched alkanes of at least 4 members (excludes halogenated alkanes) is 1. The van der Waals surface area contributed by atoms with Crippen molar-refractivity contribution in [1.29, 1.82) is 0 Å². The van der Waals surface area contributed by atoms with Crippen LogP contribution in [0.3, 0.4) is 0 Å². The van der Waals surface area contributed by atoms with Gasteiger partial charge in [0, 0.05) is 13.0 Å². The number of rotatable bonds is 10. The summed E-state index contributed by atoms with van der Waals surface area (Å²) >= 11 is 0. The summed E-state index contributed by atoms with van der Waals surface area (Å²) in [6.07, 6.45) is 2.42. The Labute approximate surface area is 179 Å². The van der Waals surface area contributed by atoms with E-state index in [1.807, 2.05) is 25.1 Å². The minimum atomic E-state index is 0.0427. The summed E-state index contributed by atoms with van der Waals surface area (Å²) in [5, 5.41) is 2.95. The predicted molar refractivity (Wildman–Crippen MR) is 122 cm³/mol. The second kappa shape index (κ2) is 10.3. The van der Waals surface area contributed by atoms with E-state index in [2.05, 4.69) is 54.9 Å². The summed E-state index contributed by atoms with van der Waals surface area (Å²) in [5.41, 5.74) is 4.56. The molecule has 3 rings (SSSR count). The molecule has 0 bridgehead atoms. The molecule has 0 atom stereocenters. The number of imidazole rings is 1. The first-order valence-electron chi connectivity index (χ1n) is 10.9. The predicted octanol–water partition coefficient (Wildman–Crippen LogP) is 5.35. The number of benzene rings is 2. The van der Waals surface area contributed by atoms with Gasteiger partial charge < -0.3 is 14.6 Å². The van der Waals surface area contributed by atoms with Gasteiger partial charge in [-0.05, 0) is 55.0 Å². The van der Waals surface area contributed by atoms with E-state index < -0.39 is 0 Å². The molecule has 0 aliphatic rings. The average molecular weight is 408 g/mol. The van der Waals surface area contributed by atoms with Gasteiger partial charge in [0.15, 0.2) is 0 Å². The van der Waals surface area contributed by atoms with Gasteiger partial charge in [0.2, 0.25) is 5.91 Å². The molecule has 0 spiro atoms. The number of carbonyl (C=O) groups is 1. The SMILES string of the molecule is CCC(=O)NCc1nc2ccccc2n1CCCCOc1cc(C)ccc1C(C)C. The van der Waals surface area contributed by atoms with Gasteiger partial charge in [-0.3, -0.25) is 4.79 Å². The van der Waals surface area contributed by atoms with E-state index in [0.717, 1.165) is 42.0 Å². The van der Waals surface area contributed by atoms with Crippen molar-refractivity contribution in [3.05, 3.63) is 59.4 Å². The van der Waals surface area contributed by atoms with Crippen LogP contribution in [0.1, 0.15) is 62.9 Å². The van der Waals surface area contributed by atoms with Crippen molar-refractivity contribution in [3.63, 3.8) is 0 Å². The first-order chi connectivity index (χ1) is 14.5. The average Bonchev–Trinajstić information content (AvgIpc) is 3.09. The van der Waals surface area contributed by atoms with Gasteiger partial charge in [-0.25, -0.2) is 4.98 Å². The van der Waals surface area contributed by atoms with E-state index in [0.29, 0.717) is 25.5 Å². The van der Waals surface area contributed by atoms with Crippen LogP contribution in [0.25, 0.3) is 11.0 Å². The first kappa shape index (κ1) is 21.9. The van der Waals surface area contributed by atoms with E-state index in [-0.39, 0.29) is 5.91 Å². The standard InChI is InChI=1S/C25H33N3O2/c1-5-25(29)26-17-24-27-21-10-6-7-11-22(21)28(24)14-8-9-15-30-23-16-19(4)12-13-20(23)18(2)3/h6-7,10-13,16,18H,5,8-9,14-15,17H2,1-4H3,(H,26,29). The van der Waals surface area contributed by atoms with Gasteiger partial charge in [0.05, 0.1) is 24.2 Å². The molecule has 0 radical (unpaired) electrons. The third-order valence-corrected chi connectivity index (χ3v) is 5.32. The molecule has 2 aromatic carbocycles. The third-order valence-electron chi connectivity index (χ3n) is 5.32. The molecule has 0 fully saturated rings. The number of hydrogen-bond donors (Lipinski definition) is 1. The molecule has 3 aromatic rings. The quantitative estimate of drug-likeness (QED) is 0.461. The van der Waals surface area contributed by atoms with E-state index in [1.165, 1.54) is 11.1 Å². The highest BCUT2D eigenvalue weighted by Crippen LogP contribution is 2.27. The maximum atomic E-state index is 11.7. The molecule has 0 aliphatic carbocycles. The van der Waals surface area contributed by atoms with Crippen LogP contribution in [-0.4, -0.2) is 22.1 Å². The third kappa shape index (κ3) is 5.41. The lowest BCUT2D eigenvalue weighted by atomic mass is 10.0. The van der Waals surface area contributed by atoms with Crippen molar-refractivity contribution in [2.45, 2.75) is 66.0 Å². The Kier molecular flexibility index (Phi) is 7.50. The number of nitrogens with zero attached hydrogens (tertiary/aromatic N) is 2. The second-order valence-corrected chi connectivity index (χ2v) is 8.05. The van der Waals surface area contributed by atoms with Crippen molar-refractivity contribution in [2.75, 3.05) is 6.61 Å². The van der Waals surface area contributed by atoms with Crippen LogP contribution in [0, 0.1) is 6.92 Å². The summed E-state index contributed by atoms with van der Waals surface area (Å²) in [6, 6.07) is 14.6. The highest BCUT2D eigenvalue weighted by atomic mass is 16.5. The summed E-state index contributed by atoms with van der Waals surface area (Å²) in [5.74, 6) is 2.39. The van der Waals surface area contributed by atoms with Crippen LogP contribution in [0.2, 0.25) is 0 Å². The van der Waals surface area contributed by atoms with Gasteiger partial charge in [0.25, 0.3) is 0 Å². The number of carbonyl (C=O) groups excluding carboxylic acids is 1. The summed E-state index contributed by atoms with van der Waals surface area (Å²) in [6.45, 7) is 10.3. The van der Waals surface area contributed by atoms with Crippen LogP contribution >= 0.6 is 0 Å². The van der Waals surface area contributed by atoms with Crippen LogP contribution < -0.4 is 10.1 Å². The monoisotopic (exact) mass is 407 g/mol. The lowest BCUT2D eigenvalue weighted by molar-refractivity contribution is -0.120. The van der Waals surface area contributed by atoms with Crippen molar-refractivity contribution >= 4 is 16.9 Å². The summed E-state index contributed by atoms with van der Waals surface area (Å²) in [7, 11) is 0. The number of aromatic nitrogens is 2. The Morgan fingerprint density at radius 1 is 1.17 bits per heavy atom. The first-order valence-corrected chi connectivity index (χ1v) is 10.9. The number of ether oxygens (including phenoxy) is 1. The van der Waals surface area contributed by atoms with Gasteiger partial charge in [-0.1, -0.05) is 45.0 Å². The Morgan fingerprint density at radius 3 is 2.73 bits per heavy atom. The molecular formula is C25H33N3O2. The topological polar surface area (TPSA) is 56.2 Å². The normalized spacial score (nSPS) is 11.2. The van der Waals surface area contributed by atoms with E-state index in [4.69, 9.17) is 9.72 Å². The smallest absolute Gasteiger partial charge is 0.220 e. The molecule has 30 heavy (non-hydrogen) atoms. The number of para-hydroxylation sites is 2. The molecule has 1 N–H and O–H groups in total. The minimum Gasteiger partial charge on any atom is -0.493 e.